The minimum Gasteiger partial charge on any atom is -0.388 e. The van der Waals surface area contributed by atoms with E-state index in [1.165, 1.54) is 0 Å². The minimum atomic E-state index is -0.730. The van der Waals surface area contributed by atoms with Gasteiger partial charge >= 0.3 is 0 Å². The molecule has 118 valence electrons. The molecule has 0 aliphatic carbocycles. The number of hydrogen-bond donors (Lipinski definition) is 2. The number of carbonyl (C=O) groups is 1. The van der Waals surface area contributed by atoms with Crippen molar-refractivity contribution in [3.63, 3.8) is 0 Å². The lowest BCUT2D eigenvalue weighted by Gasteiger charge is -2.35. The van der Waals surface area contributed by atoms with E-state index in [-0.39, 0.29) is 11.9 Å². The Morgan fingerprint density at radius 3 is 2.90 bits per heavy atom. The van der Waals surface area contributed by atoms with Gasteiger partial charge in [0.1, 0.15) is 0 Å². The lowest BCUT2D eigenvalue weighted by Crippen LogP contribution is -2.48. The van der Waals surface area contributed by atoms with E-state index in [1.54, 1.807) is 11.3 Å². The summed E-state index contributed by atoms with van der Waals surface area (Å²) in [6.45, 7) is 3.95. The number of aliphatic hydroxyl groups is 1. The van der Waals surface area contributed by atoms with Crippen LogP contribution >= 0.6 is 11.3 Å². The summed E-state index contributed by atoms with van der Waals surface area (Å²) in [5.41, 5.74) is -0.730. The summed E-state index contributed by atoms with van der Waals surface area (Å²) < 4.78 is 5.26. The van der Waals surface area contributed by atoms with Gasteiger partial charge in [0.15, 0.2) is 0 Å². The molecule has 0 aromatic carbocycles. The number of ether oxygens (including phenoxy) is 1. The molecule has 5 nitrogen and oxygen atoms in total. The average molecular weight is 312 g/mol. The highest BCUT2D eigenvalue weighted by molar-refractivity contribution is 7.10. The van der Waals surface area contributed by atoms with Crippen LogP contribution in [0, 0.1) is 0 Å². The van der Waals surface area contributed by atoms with Gasteiger partial charge in [0, 0.05) is 37.5 Å². The molecule has 1 saturated heterocycles. The first kappa shape index (κ1) is 16.4. The van der Waals surface area contributed by atoms with Gasteiger partial charge in [0.05, 0.1) is 18.2 Å². The largest absolute Gasteiger partial charge is 0.388 e. The minimum absolute atomic E-state index is 0.0194. The number of likely N-dealkylation sites (N-methyl/N-ethyl adjacent to an activating group) is 1. The molecule has 1 fully saturated rings. The standard InChI is InChI=1S/C15H24N2O3S/c1-12(13-4-3-9-21-13)16-14(18)10-17(2)11-15(19)5-7-20-8-6-15/h3-4,9,12,19H,5-8,10-11H2,1-2H3,(H,16,18). The van der Waals surface area contributed by atoms with Crippen molar-refractivity contribution in [1.29, 1.82) is 0 Å². The highest BCUT2D eigenvalue weighted by Crippen LogP contribution is 2.21. The van der Waals surface area contributed by atoms with E-state index in [4.69, 9.17) is 4.74 Å². The smallest absolute Gasteiger partial charge is 0.234 e. The Bertz CT molecular complexity index is 444. The summed E-state index contributed by atoms with van der Waals surface area (Å²) in [5, 5.41) is 15.4. The zero-order valence-electron chi connectivity index (χ0n) is 12.7. The Morgan fingerprint density at radius 1 is 1.57 bits per heavy atom. The molecule has 2 N–H and O–H groups in total. The fourth-order valence-electron chi connectivity index (χ4n) is 2.61. The number of amides is 1. The van der Waals surface area contributed by atoms with Gasteiger partial charge in [-0.2, -0.15) is 0 Å². The quantitative estimate of drug-likeness (QED) is 0.833. The Hall–Kier alpha value is -0.950. The lowest BCUT2D eigenvalue weighted by molar-refractivity contribution is -0.124. The van der Waals surface area contributed by atoms with Crippen LogP contribution in [0.5, 0.6) is 0 Å². The third-order valence-electron chi connectivity index (χ3n) is 3.75. The Labute approximate surface area is 129 Å². The Balaban J connectivity index is 1.76. The highest BCUT2D eigenvalue weighted by atomic mass is 32.1. The molecular formula is C15H24N2O3S. The number of hydrogen-bond acceptors (Lipinski definition) is 5. The van der Waals surface area contributed by atoms with E-state index >= 15 is 0 Å². The van der Waals surface area contributed by atoms with Crippen LogP contribution in [0.4, 0.5) is 0 Å². The number of rotatable bonds is 6. The molecule has 2 rings (SSSR count). The van der Waals surface area contributed by atoms with E-state index in [0.29, 0.717) is 39.1 Å². The highest BCUT2D eigenvalue weighted by Gasteiger charge is 2.31. The fraction of sp³-hybridized carbons (Fsp3) is 0.667. The zero-order chi connectivity index (χ0) is 15.3. The summed E-state index contributed by atoms with van der Waals surface area (Å²) in [7, 11) is 1.86. The monoisotopic (exact) mass is 312 g/mol. The molecule has 1 aromatic heterocycles. The zero-order valence-corrected chi connectivity index (χ0v) is 13.5. The van der Waals surface area contributed by atoms with E-state index < -0.39 is 5.60 Å². The van der Waals surface area contributed by atoms with Gasteiger partial charge in [0.25, 0.3) is 0 Å². The first-order chi connectivity index (χ1) is 9.98. The second-order valence-corrected chi connectivity index (χ2v) is 6.79. The third-order valence-corrected chi connectivity index (χ3v) is 4.80. The van der Waals surface area contributed by atoms with Crippen LogP contribution in [0.2, 0.25) is 0 Å². The topological polar surface area (TPSA) is 61.8 Å². The second kappa shape index (κ2) is 7.35. The molecule has 1 atom stereocenters. The van der Waals surface area contributed by atoms with Crippen LogP contribution in [0.3, 0.4) is 0 Å². The Kier molecular flexibility index (Phi) is 5.75. The van der Waals surface area contributed by atoms with Gasteiger partial charge in [-0.05, 0) is 25.4 Å². The van der Waals surface area contributed by atoms with Crippen LogP contribution in [0.1, 0.15) is 30.7 Å². The van der Waals surface area contributed by atoms with Crippen LogP contribution in [-0.2, 0) is 9.53 Å². The molecule has 0 saturated carbocycles. The third kappa shape index (κ3) is 5.07. The first-order valence-corrected chi connectivity index (χ1v) is 8.18. The second-order valence-electron chi connectivity index (χ2n) is 5.81. The molecule has 2 heterocycles. The molecule has 1 unspecified atom stereocenters. The maximum absolute atomic E-state index is 12.1. The fourth-order valence-corrected chi connectivity index (χ4v) is 3.34. The summed E-state index contributed by atoms with van der Waals surface area (Å²) in [5.74, 6) is -0.0194. The lowest BCUT2D eigenvalue weighted by atomic mass is 9.94. The van der Waals surface area contributed by atoms with E-state index in [9.17, 15) is 9.90 Å². The van der Waals surface area contributed by atoms with Crippen LogP contribution < -0.4 is 5.32 Å². The molecule has 6 heteroatoms. The predicted molar refractivity (Wildman–Crippen MR) is 83.4 cm³/mol. The first-order valence-electron chi connectivity index (χ1n) is 7.30. The number of thiophene rings is 1. The van der Waals surface area contributed by atoms with Crippen LogP contribution in [0.15, 0.2) is 17.5 Å². The SMILES string of the molecule is CC(NC(=O)CN(C)CC1(O)CCOCC1)c1cccs1. The molecule has 21 heavy (non-hydrogen) atoms. The predicted octanol–water partition coefficient (Wildman–Crippen LogP) is 1.40. The van der Waals surface area contributed by atoms with Crippen molar-refractivity contribution < 1.29 is 14.6 Å². The molecule has 0 spiro atoms. The summed E-state index contributed by atoms with van der Waals surface area (Å²) >= 11 is 1.64. The molecule has 1 amide bonds. The van der Waals surface area contributed by atoms with Crippen molar-refractivity contribution in [3.8, 4) is 0 Å². The number of nitrogens with one attached hydrogen (secondary N) is 1. The van der Waals surface area contributed by atoms with Crippen LogP contribution in [0.25, 0.3) is 0 Å². The number of carbonyl (C=O) groups excluding carboxylic acids is 1. The maximum Gasteiger partial charge on any atom is 0.234 e. The molecule has 1 aliphatic heterocycles. The van der Waals surface area contributed by atoms with Crippen molar-refractivity contribution in [2.75, 3.05) is 33.4 Å². The molecule has 0 bridgehead atoms. The van der Waals surface area contributed by atoms with E-state index in [1.807, 2.05) is 36.4 Å². The summed E-state index contributed by atoms with van der Waals surface area (Å²) in [6, 6.07) is 4.02. The Morgan fingerprint density at radius 2 is 2.29 bits per heavy atom. The average Bonchev–Trinajstić information content (AvgIpc) is 2.92. The van der Waals surface area contributed by atoms with E-state index in [2.05, 4.69) is 5.32 Å². The van der Waals surface area contributed by atoms with E-state index in [0.717, 1.165) is 4.88 Å². The van der Waals surface area contributed by atoms with Gasteiger partial charge in [0.2, 0.25) is 5.91 Å². The van der Waals surface area contributed by atoms with Gasteiger partial charge in [-0.15, -0.1) is 11.3 Å². The molecule has 1 aromatic rings. The van der Waals surface area contributed by atoms with Crippen molar-refractivity contribution in [3.05, 3.63) is 22.4 Å². The number of nitrogens with zero attached hydrogens (tertiary/aromatic N) is 1. The maximum atomic E-state index is 12.1. The normalized spacial score (nSPS) is 19.4. The van der Waals surface area contributed by atoms with Gasteiger partial charge in [-0.1, -0.05) is 6.07 Å². The van der Waals surface area contributed by atoms with Gasteiger partial charge < -0.3 is 15.2 Å². The van der Waals surface area contributed by atoms with Crippen LogP contribution in [-0.4, -0.2) is 54.9 Å². The molecular weight excluding hydrogens is 288 g/mol. The van der Waals surface area contributed by atoms with Gasteiger partial charge in [-0.3, -0.25) is 9.69 Å². The summed E-state index contributed by atoms with van der Waals surface area (Å²) in [4.78, 5) is 15.1. The summed E-state index contributed by atoms with van der Waals surface area (Å²) in [6.07, 6.45) is 1.26. The van der Waals surface area contributed by atoms with Crippen molar-refractivity contribution in [2.45, 2.75) is 31.4 Å². The molecule has 1 aliphatic rings. The molecule has 0 radical (unpaired) electrons. The van der Waals surface area contributed by atoms with Crippen molar-refractivity contribution in [1.82, 2.24) is 10.2 Å². The van der Waals surface area contributed by atoms with Crippen molar-refractivity contribution >= 4 is 17.2 Å². The van der Waals surface area contributed by atoms with Gasteiger partial charge in [-0.25, -0.2) is 0 Å². The van der Waals surface area contributed by atoms with Crippen molar-refractivity contribution in [2.24, 2.45) is 0 Å².